The number of carboxylic acid groups (broad SMARTS) is 1. The number of carbonyl (C=O) groups is 1. The normalized spacial score (nSPS) is 14.2. The maximum absolute atomic E-state index is 13.1. The Morgan fingerprint density at radius 1 is 1.56 bits per heavy atom. The number of rotatable bonds is 4. The molecule has 0 spiro atoms. The van der Waals surface area contributed by atoms with Crippen LogP contribution in [0.15, 0.2) is 18.2 Å². The third kappa shape index (κ3) is 2.93. The maximum Gasteiger partial charge on any atom is 0.339 e. The number of carboxylic acids is 1. The minimum absolute atomic E-state index is 0.185. The molecule has 4 nitrogen and oxygen atoms in total. The van der Waals surface area contributed by atoms with Crippen LogP contribution >= 0.6 is 0 Å². The van der Waals surface area contributed by atoms with Gasteiger partial charge in [0.05, 0.1) is 0 Å². The van der Waals surface area contributed by atoms with Crippen LogP contribution in [0.4, 0.5) is 4.39 Å². The first kappa shape index (κ1) is 12.4. The van der Waals surface area contributed by atoms with Gasteiger partial charge in [0.2, 0.25) is 0 Å². The van der Waals surface area contributed by atoms with Crippen molar-refractivity contribution in [2.24, 2.45) is 0 Å². The summed E-state index contributed by atoms with van der Waals surface area (Å²) in [6, 6.07) is 4.17. The highest BCUT2D eigenvalue weighted by molar-refractivity contribution is 5.76. The first-order chi connectivity index (χ1) is 7.33. The smallest absolute Gasteiger partial charge is 0.339 e. The van der Waals surface area contributed by atoms with Crippen LogP contribution in [0.3, 0.4) is 0 Å². The Balaban J connectivity index is 2.68. The molecule has 0 unspecified atom stereocenters. The highest BCUT2D eigenvalue weighted by Crippen LogP contribution is 2.17. The summed E-state index contributed by atoms with van der Waals surface area (Å²) in [5.41, 5.74) is -1.51. The first-order valence-electron chi connectivity index (χ1n) is 4.67. The van der Waals surface area contributed by atoms with Crippen LogP contribution in [0.2, 0.25) is 0 Å². The summed E-state index contributed by atoms with van der Waals surface area (Å²) in [5, 5.41) is 18.0. The highest BCUT2D eigenvalue weighted by atomic mass is 19.1. The van der Waals surface area contributed by atoms with Crippen molar-refractivity contribution in [3.63, 3.8) is 0 Å². The van der Waals surface area contributed by atoms with Gasteiger partial charge in [-0.3, -0.25) is 0 Å². The highest BCUT2D eigenvalue weighted by Gasteiger charge is 2.30. The van der Waals surface area contributed by atoms with E-state index >= 15 is 0 Å². The lowest BCUT2D eigenvalue weighted by atomic mass is 10.1. The van der Waals surface area contributed by atoms with E-state index in [9.17, 15) is 14.3 Å². The molecule has 0 saturated carbocycles. The van der Waals surface area contributed by atoms with Gasteiger partial charge in [0.25, 0.3) is 0 Å². The van der Waals surface area contributed by atoms with Gasteiger partial charge < -0.3 is 14.9 Å². The van der Waals surface area contributed by atoms with Crippen LogP contribution in [0.25, 0.3) is 0 Å². The molecule has 0 heterocycles. The van der Waals surface area contributed by atoms with E-state index in [0.717, 1.165) is 13.0 Å². The van der Waals surface area contributed by atoms with E-state index in [0.29, 0.717) is 5.56 Å². The largest absolute Gasteiger partial charge is 0.490 e. The van der Waals surface area contributed by atoms with Gasteiger partial charge in [0.1, 0.15) is 18.2 Å². The summed E-state index contributed by atoms with van der Waals surface area (Å²) >= 11 is 0. The second-order valence-corrected chi connectivity index (χ2v) is 3.78. The Kier molecular flexibility index (Phi) is 3.49. The summed E-state index contributed by atoms with van der Waals surface area (Å²) in [6.45, 7) is 2.28. The van der Waals surface area contributed by atoms with Crippen molar-refractivity contribution in [1.82, 2.24) is 0 Å². The van der Waals surface area contributed by atoms with Gasteiger partial charge in [0.15, 0.2) is 5.60 Å². The standard InChI is InChI=1S/C11H13FO4/c1-7-3-4-8(5-9(7)12)16-6-11(2,15)10(13)14/h3-5,15H,6H2,1-2H3,(H,13,14)/t11-/m1/s1. The number of hydrogen-bond acceptors (Lipinski definition) is 3. The zero-order chi connectivity index (χ0) is 12.3. The molecule has 5 heteroatoms. The van der Waals surface area contributed by atoms with E-state index in [4.69, 9.17) is 9.84 Å². The molecule has 1 rings (SSSR count). The third-order valence-electron chi connectivity index (χ3n) is 2.12. The monoisotopic (exact) mass is 228 g/mol. The molecule has 0 amide bonds. The number of aliphatic carboxylic acids is 1. The molecule has 1 aromatic rings. The van der Waals surface area contributed by atoms with E-state index < -0.39 is 24.0 Å². The molecule has 0 aliphatic heterocycles. The van der Waals surface area contributed by atoms with Gasteiger partial charge in [-0.1, -0.05) is 6.07 Å². The van der Waals surface area contributed by atoms with Crippen LogP contribution in [0.1, 0.15) is 12.5 Å². The first-order valence-corrected chi connectivity index (χ1v) is 4.67. The second kappa shape index (κ2) is 4.49. The Morgan fingerprint density at radius 3 is 2.69 bits per heavy atom. The molecule has 16 heavy (non-hydrogen) atoms. The molecule has 0 aliphatic carbocycles. The number of halogens is 1. The molecular formula is C11H13FO4. The Hall–Kier alpha value is -1.62. The minimum Gasteiger partial charge on any atom is -0.490 e. The molecule has 1 aromatic carbocycles. The zero-order valence-corrected chi connectivity index (χ0v) is 9.03. The van der Waals surface area contributed by atoms with Crippen molar-refractivity contribution in [3.8, 4) is 5.75 Å². The summed E-state index contributed by atoms with van der Waals surface area (Å²) in [6.07, 6.45) is 0. The fraction of sp³-hybridized carbons (Fsp3) is 0.364. The summed E-state index contributed by atoms with van der Waals surface area (Å²) in [7, 11) is 0. The van der Waals surface area contributed by atoms with Gasteiger partial charge in [-0.15, -0.1) is 0 Å². The predicted molar refractivity (Wildman–Crippen MR) is 54.9 cm³/mol. The Bertz CT molecular complexity index is 401. The maximum atomic E-state index is 13.1. The molecule has 0 aliphatic rings. The fourth-order valence-electron chi connectivity index (χ4n) is 0.949. The van der Waals surface area contributed by atoms with Crippen molar-refractivity contribution in [3.05, 3.63) is 29.6 Å². The summed E-state index contributed by atoms with van der Waals surface area (Å²) < 4.78 is 18.1. The summed E-state index contributed by atoms with van der Waals surface area (Å²) in [4.78, 5) is 10.6. The minimum atomic E-state index is -1.98. The van der Waals surface area contributed by atoms with Gasteiger partial charge in [-0.2, -0.15) is 0 Å². The van der Waals surface area contributed by atoms with Crippen LogP contribution in [-0.4, -0.2) is 28.4 Å². The molecule has 2 N–H and O–H groups in total. The van der Waals surface area contributed by atoms with Crippen molar-refractivity contribution in [1.29, 1.82) is 0 Å². The third-order valence-corrected chi connectivity index (χ3v) is 2.12. The average Bonchev–Trinajstić information content (AvgIpc) is 2.20. The molecule has 88 valence electrons. The quantitative estimate of drug-likeness (QED) is 0.816. The molecule has 0 saturated heterocycles. The SMILES string of the molecule is Cc1ccc(OC[C@@](C)(O)C(=O)O)cc1F. The number of benzene rings is 1. The lowest BCUT2D eigenvalue weighted by Crippen LogP contribution is -2.41. The summed E-state index contributed by atoms with van der Waals surface area (Å²) in [5.74, 6) is -1.64. The molecular weight excluding hydrogens is 215 g/mol. The molecule has 0 fully saturated rings. The van der Waals surface area contributed by atoms with Crippen LogP contribution in [0.5, 0.6) is 5.75 Å². The number of ether oxygens (including phenoxy) is 1. The molecule has 0 bridgehead atoms. The van der Waals surface area contributed by atoms with Crippen LogP contribution < -0.4 is 4.74 Å². The van der Waals surface area contributed by atoms with E-state index in [1.54, 1.807) is 6.92 Å². The number of hydrogen-bond donors (Lipinski definition) is 2. The topological polar surface area (TPSA) is 66.8 Å². The molecule has 0 radical (unpaired) electrons. The van der Waals surface area contributed by atoms with Crippen molar-refractivity contribution >= 4 is 5.97 Å². The van der Waals surface area contributed by atoms with Gasteiger partial charge in [-0.05, 0) is 25.5 Å². The van der Waals surface area contributed by atoms with Crippen molar-refractivity contribution < 1.29 is 24.1 Å². The van der Waals surface area contributed by atoms with Crippen molar-refractivity contribution in [2.45, 2.75) is 19.4 Å². The number of aryl methyl sites for hydroxylation is 1. The van der Waals surface area contributed by atoms with Gasteiger partial charge >= 0.3 is 5.97 Å². The lowest BCUT2D eigenvalue weighted by Gasteiger charge is -2.18. The van der Waals surface area contributed by atoms with Crippen molar-refractivity contribution in [2.75, 3.05) is 6.61 Å². The lowest BCUT2D eigenvalue weighted by molar-refractivity contribution is -0.159. The fourth-order valence-corrected chi connectivity index (χ4v) is 0.949. The predicted octanol–water partition coefficient (Wildman–Crippen LogP) is 1.35. The second-order valence-electron chi connectivity index (χ2n) is 3.78. The van der Waals surface area contributed by atoms with Crippen LogP contribution in [-0.2, 0) is 4.79 Å². The van der Waals surface area contributed by atoms with E-state index in [1.807, 2.05) is 0 Å². The van der Waals surface area contributed by atoms with Gasteiger partial charge in [0, 0.05) is 6.07 Å². The Morgan fingerprint density at radius 2 is 2.19 bits per heavy atom. The molecule has 0 aromatic heterocycles. The number of aliphatic hydroxyl groups is 1. The molecule has 1 atom stereocenters. The van der Waals surface area contributed by atoms with E-state index in [-0.39, 0.29) is 5.75 Å². The van der Waals surface area contributed by atoms with E-state index in [2.05, 4.69) is 0 Å². The Labute approximate surface area is 92.3 Å². The van der Waals surface area contributed by atoms with Gasteiger partial charge in [-0.25, -0.2) is 9.18 Å². The zero-order valence-electron chi connectivity index (χ0n) is 9.03. The van der Waals surface area contributed by atoms with Crippen LogP contribution in [0, 0.1) is 12.7 Å². The average molecular weight is 228 g/mol. The van der Waals surface area contributed by atoms with E-state index in [1.165, 1.54) is 12.1 Å².